The summed E-state index contributed by atoms with van der Waals surface area (Å²) in [5, 5.41) is 0. The predicted octanol–water partition coefficient (Wildman–Crippen LogP) is 1.89. The van der Waals surface area contributed by atoms with Crippen molar-refractivity contribution in [2.45, 2.75) is 38.8 Å². The van der Waals surface area contributed by atoms with Gasteiger partial charge in [0.2, 0.25) is 0 Å². The highest BCUT2D eigenvalue weighted by atomic mass is 16.5. The molecule has 0 aromatic carbocycles. The largest absolute Gasteiger partial charge is 0.381 e. The monoisotopic (exact) mass is 223 g/mol. The van der Waals surface area contributed by atoms with Gasteiger partial charge in [0.1, 0.15) is 0 Å². The maximum Gasteiger partial charge on any atom is 0.0951 e. The minimum Gasteiger partial charge on any atom is -0.381 e. The van der Waals surface area contributed by atoms with Gasteiger partial charge in [0, 0.05) is 24.8 Å². The molecule has 1 aromatic heterocycles. The molecule has 4 nitrogen and oxygen atoms in total. The summed E-state index contributed by atoms with van der Waals surface area (Å²) in [4.78, 5) is 4.23. The van der Waals surface area contributed by atoms with E-state index in [2.05, 4.69) is 23.4 Å². The van der Waals surface area contributed by atoms with Crippen LogP contribution in [-0.4, -0.2) is 22.8 Å². The van der Waals surface area contributed by atoms with E-state index in [0.29, 0.717) is 12.0 Å². The van der Waals surface area contributed by atoms with E-state index in [0.717, 1.165) is 31.7 Å². The topological polar surface area (TPSA) is 53.1 Å². The fourth-order valence-corrected chi connectivity index (χ4v) is 2.22. The second-order valence-corrected chi connectivity index (χ2v) is 4.63. The Morgan fingerprint density at radius 3 is 3.12 bits per heavy atom. The average Bonchev–Trinajstić information content (AvgIpc) is 2.97. The van der Waals surface area contributed by atoms with E-state index >= 15 is 0 Å². The van der Waals surface area contributed by atoms with Crippen molar-refractivity contribution in [2.75, 3.05) is 13.2 Å². The second kappa shape index (κ2) is 4.97. The highest BCUT2D eigenvalue weighted by Gasteiger charge is 2.26. The quantitative estimate of drug-likeness (QED) is 0.848. The Balaban J connectivity index is 2.15. The van der Waals surface area contributed by atoms with E-state index in [4.69, 9.17) is 10.5 Å². The maximum atomic E-state index is 6.30. The van der Waals surface area contributed by atoms with Crippen LogP contribution in [0.1, 0.15) is 44.5 Å². The van der Waals surface area contributed by atoms with Gasteiger partial charge in [0.25, 0.3) is 0 Å². The van der Waals surface area contributed by atoms with Gasteiger partial charge in [-0.25, -0.2) is 4.98 Å². The lowest BCUT2D eigenvalue weighted by Crippen LogP contribution is -2.25. The van der Waals surface area contributed by atoms with Crippen molar-refractivity contribution in [1.29, 1.82) is 0 Å². The fourth-order valence-electron chi connectivity index (χ4n) is 2.22. The zero-order chi connectivity index (χ0) is 11.5. The van der Waals surface area contributed by atoms with Crippen molar-refractivity contribution >= 4 is 0 Å². The number of aromatic nitrogens is 2. The Morgan fingerprint density at radius 2 is 2.50 bits per heavy atom. The van der Waals surface area contributed by atoms with Gasteiger partial charge in [-0.2, -0.15) is 0 Å². The van der Waals surface area contributed by atoms with Crippen molar-refractivity contribution in [3.05, 3.63) is 18.2 Å². The molecule has 1 aromatic rings. The molecule has 1 saturated heterocycles. The normalized spacial score (nSPS) is 24.6. The third-order valence-electron chi connectivity index (χ3n) is 3.58. The molecular formula is C12H21N3O. The van der Waals surface area contributed by atoms with E-state index in [9.17, 15) is 0 Å². The molecule has 0 saturated carbocycles. The van der Waals surface area contributed by atoms with Gasteiger partial charge < -0.3 is 15.0 Å². The van der Waals surface area contributed by atoms with Crippen molar-refractivity contribution in [1.82, 2.24) is 9.55 Å². The minimum atomic E-state index is 0.0546. The first kappa shape index (κ1) is 11.6. The lowest BCUT2D eigenvalue weighted by Gasteiger charge is -2.22. The highest BCUT2D eigenvalue weighted by Crippen LogP contribution is 2.28. The molecule has 0 radical (unpaired) electrons. The Kier molecular flexibility index (Phi) is 3.61. The Labute approximate surface area is 96.8 Å². The molecular weight excluding hydrogens is 202 g/mol. The Hall–Kier alpha value is -0.870. The Morgan fingerprint density at radius 1 is 1.69 bits per heavy atom. The molecule has 3 atom stereocenters. The molecule has 0 spiro atoms. The van der Waals surface area contributed by atoms with Crippen molar-refractivity contribution in [3.63, 3.8) is 0 Å². The molecule has 2 heterocycles. The minimum absolute atomic E-state index is 0.0546. The lowest BCUT2D eigenvalue weighted by molar-refractivity contribution is 0.180. The Bertz CT molecular complexity index is 331. The molecule has 90 valence electrons. The van der Waals surface area contributed by atoms with E-state index in [1.807, 2.05) is 12.5 Å². The molecule has 1 aliphatic heterocycles. The van der Waals surface area contributed by atoms with Crippen LogP contribution in [0.5, 0.6) is 0 Å². The number of rotatable bonds is 4. The zero-order valence-corrected chi connectivity index (χ0v) is 10.1. The summed E-state index contributed by atoms with van der Waals surface area (Å²) in [6.07, 6.45) is 5.94. The molecule has 1 fully saturated rings. The van der Waals surface area contributed by atoms with Gasteiger partial charge in [0.05, 0.1) is 24.7 Å². The molecule has 3 unspecified atom stereocenters. The molecule has 0 bridgehead atoms. The van der Waals surface area contributed by atoms with Crippen LogP contribution in [0.3, 0.4) is 0 Å². The number of nitrogens with two attached hydrogens (primary N) is 1. The van der Waals surface area contributed by atoms with E-state index in [1.165, 1.54) is 0 Å². The summed E-state index contributed by atoms with van der Waals surface area (Å²) in [5.41, 5.74) is 7.44. The third kappa shape index (κ3) is 2.13. The van der Waals surface area contributed by atoms with Crippen molar-refractivity contribution < 1.29 is 4.74 Å². The lowest BCUT2D eigenvalue weighted by atomic mass is 9.97. The van der Waals surface area contributed by atoms with Gasteiger partial charge in [-0.15, -0.1) is 0 Å². The van der Waals surface area contributed by atoms with Gasteiger partial charge in [-0.1, -0.05) is 6.92 Å². The number of imidazole rings is 1. The molecule has 0 amide bonds. The maximum absolute atomic E-state index is 6.30. The predicted molar refractivity (Wildman–Crippen MR) is 63.1 cm³/mol. The van der Waals surface area contributed by atoms with Gasteiger partial charge in [-0.3, -0.25) is 0 Å². The molecule has 0 aliphatic carbocycles. The first-order chi connectivity index (χ1) is 7.74. The average molecular weight is 223 g/mol. The molecule has 2 N–H and O–H groups in total. The van der Waals surface area contributed by atoms with Gasteiger partial charge in [0.15, 0.2) is 0 Å². The standard InChI is InChI=1S/C12H21N3O/c1-3-9(2)15-8-14-6-11(15)12(13)10-4-5-16-7-10/h6,8-10,12H,3-5,7,13H2,1-2H3. The smallest absolute Gasteiger partial charge is 0.0951 e. The van der Waals surface area contributed by atoms with Crippen LogP contribution >= 0.6 is 0 Å². The summed E-state index contributed by atoms with van der Waals surface area (Å²) in [6.45, 7) is 6.00. The first-order valence-electron chi connectivity index (χ1n) is 6.09. The highest BCUT2D eigenvalue weighted by molar-refractivity contribution is 5.08. The van der Waals surface area contributed by atoms with Gasteiger partial charge in [-0.05, 0) is 19.8 Å². The van der Waals surface area contributed by atoms with E-state index < -0.39 is 0 Å². The van der Waals surface area contributed by atoms with E-state index in [-0.39, 0.29) is 6.04 Å². The number of ether oxygens (including phenoxy) is 1. The summed E-state index contributed by atoms with van der Waals surface area (Å²) in [5.74, 6) is 0.444. The van der Waals surface area contributed by atoms with Crippen LogP contribution in [0, 0.1) is 5.92 Å². The summed E-state index contributed by atoms with van der Waals surface area (Å²) < 4.78 is 7.59. The number of hydrogen-bond donors (Lipinski definition) is 1. The third-order valence-corrected chi connectivity index (χ3v) is 3.58. The van der Waals surface area contributed by atoms with Crippen LogP contribution in [0.4, 0.5) is 0 Å². The number of hydrogen-bond acceptors (Lipinski definition) is 3. The number of nitrogens with zero attached hydrogens (tertiary/aromatic N) is 2. The van der Waals surface area contributed by atoms with Crippen LogP contribution in [0.15, 0.2) is 12.5 Å². The van der Waals surface area contributed by atoms with Crippen LogP contribution in [0.25, 0.3) is 0 Å². The summed E-state index contributed by atoms with van der Waals surface area (Å²) >= 11 is 0. The second-order valence-electron chi connectivity index (χ2n) is 4.63. The van der Waals surface area contributed by atoms with Crippen molar-refractivity contribution in [2.24, 2.45) is 11.7 Å². The van der Waals surface area contributed by atoms with Crippen molar-refractivity contribution in [3.8, 4) is 0 Å². The summed E-state index contributed by atoms with van der Waals surface area (Å²) in [7, 11) is 0. The molecule has 2 rings (SSSR count). The zero-order valence-electron chi connectivity index (χ0n) is 10.1. The van der Waals surface area contributed by atoms with Gasteiger partial charge >= 0.3 is 0 Å². The first-order valence-corrected chi connectivity index (χ1v) is 6.09. The van der Waals surface area contributed by atoms with Crippen LogP contribution < -0.4 is 5.73 Å². The van der Waals surface area contributed by atoms with Crippen LogP contribution in [-0.2, 0) is 4.74 Å². The fraction of sp³-hybridized carbons (Fsp3) is 0.750. The molecule has 16 heavy (non-hydrogen) atoms. The van der Waals surface area contributed by atoms with E-state index in [1.54, 1.807) is 0 Å². The molecule has 4 heteroatoms. The molecule has 1 aliphatic rings. The summed E-state index contributed by atoms with van der Waals surface area (Å²) in [6, 6.07) is 0.518. The van der Waals surface area contributed by atoms with Crippen LogP contribution in [0.2, 0.25) is 0 Å². The SMILES string of the molecule is CCC(C)n1cncc1C(N)C1CCOC1.